The van der Waals surface area contributed by atoms with Gasteiger partial charge in [-0.25, -0.2) is 9.78 Å². The third kappa shape index (κ3) is 4.12. The standard InChI is InChI=1S/C11H16N2O2S/c1-8-9(4-5-11(14)15)16-10(12-8)6-7-13(2)3/h4-5H,6-7H2,1-3H3,(H,14,15)/b5-4+. The van der Waals surface area contributed by atoms with E-state index in [-0.39, 0.29) is 0 Å². The second-order valence-electron chi connectivity index (χ2n) is 3.78. The van der Waals surface area contributed by atoms with Crippen molar-refractivity contribution in [3.8, 4) is 0 Å². The second kappa shape index (κ2) is 5.77. The van der Waals surface area contributed by atoms with Crippen molar-refractivity contribution in [2.75, 3.05) is 20.6 Å². The molecule has 0 atom stereocenters. The van der Waals surface area contributed by atoms with Crippen LogP contribution in [0, 0.1) is 6.92 Å². The average Bonchev–Trinajstić information content (AvgIpc) is 2.53. The van der Waals surface area contributed by atoms with Crippen molar-refractivity contribution in [3.05, 3.63) is 21.7 Å². The average molecular weight is 240 g/mol. The Hall–Kier alpha value is -1.20. The van der Waals surface area contributed by atoms with E-state index in [4.69, 9.17) is 5.11 Å². The lowest BCUT2D eigenvalue weighted by Crippen LogP contribution is -2.14. The van der Waals surface area contributed by atoms with Gasteiger partial charge < -0.3 is 10.0 Å². The van der Waals surface area contributed by atoms with Crippen LogP contribution in [0.15, 0.2) is 6.08 Å². The normalized spacial score (nSPS) is 11.5. The zero-order valence-electron chi connectivity index (χ0n) is 9.73. The number of carbonyl (C=O) groups is 1. The summed E-state index contributed by atoms with van der Waals surface area (Å²) in [5, 5.41) is 9.59. The molecule has 4 nitrogen and oxygen atoms in total. The minimum atomic E-state index is -0.928. The molecule has 0 bridgehead atoms. The summed E-state index contributed by atoms with van der Waals surface area (Å²) in [6.45, 7) is 2.85. The van der Waals surface area contributed by atoms with E-state index in [1.807, 2.05) is 21.0 Å². The first-order valence-electron chi connectivity index (χ1n) is 5.01. The Balaban J connectivity index is 2.70. The topological polar surface area (TPSA) is 53.4 Å². The van der Waals surface area contributed by atoms with Gasteiger partial charge in [-0.1, -0.05) is 0 Å². The smallest absolute Gasteiger partial charge is 0.328 e. The summed E-state index contributed by atoms with van der Waals surface area (Å²) in [6.07, 6.45) is 3.66. The SMILES string of the molecule is Cc1nc(CCN(C)C)sc1/C=C/C(=O)O. The van der Waals surface area contributed by atoms with Gasteiger partial charge in [0.05, 0.1) is 15.6 Å². The van der Waals surface area contributed by atoms with Gasteiger partial charge in [-0.15, -0.1) is 11.3 Å². The lowest BCUT2D eigenvalue weighted by Gasteiger charge is -2.06. The zero-order valence-corrected chi connectivity index (χ0v) is 10.5. The number of aliphatic carboxylic acids is 1. The van der Waals surface area contributed by atoms with Crippen LogP contribution in [0.4, 0.5) is 0 Å². The molecular formula is C11H16N2O2S. The van der Waals surface area contributed by atoms with Crippen LogP contribution in [0.2, 0.25) is 0 Å². The van der Waals surface area contributed by atoms with Crippen molar-refractivity contribution >= 4 is 23.4 Å². The predicted molar refractivity (Wildman–Crippen MR) is 65.8 cm³/mol. The summed E-state index contributed by atoms with van der Waals surface area (Å²) in [5.74, 6) is -0.928. The Labute approximate surface area is 99.2 Å². The van der Waals surface area contributed by atoms with E-state index in [1.165, 1.54) is 0 Å². The Morgan fingerprint density at radius 1 is 1.56 bits per heavy atom. The molecule has 1 aromatic rings. The summed E-state index contributed by atoms with van der Waals surface area (Å²) < 4.78 is 0. The fourth-order valence-corrected chi connectivity index (χ4v) is 2.15. The first-order valence-corrected chi connectivity index (χ1v) is 5.82. The third-order valence-electron chi connectivity index (χ3n) is 2.03. The summed E-state index contributed by atoms with van der Waals surface area (Å²) >= 11 is 1.56. The Morgan fingerprint density at radius 2 is 2.25 bits per heavy atom. The summed E-state index contributed by atoms with van der Waals surface area (Å²) in [7, 11) is 4.04. The van der Waals surface area contributed by atoms with Gasteiger partial charge in [0.25, 0.3) is 0 Å². The van der Waals surface area contributed by atoms with Gasteiger partial charge >= 0.3 is 5.97 Å². The molecular weight excluding hydrogens is 224 g/mol. The van der Waals surface area contributed by atoms with E-state index >= 15 is 0 Å². The first-order chi connectivity index (χ1) is 7.49. The monoisotopic (exact) mass is 240 g/mol. The molecule has 16 heavy (non-hydrogen) atoms. The molecule has 0 fully saturated rings. The zero-order chi connectivity index (χ0) is 12.1. The number of hydrogen-bond acceptors (Lipinski definition) is 4. The van der Waals surface area contributed by atoms with E-state index in [0.29, 0.717) is 0 Å². The van der Waals surface area contributed by atoms with Gasteiger partial charge in [-0.05, 0) is 27.1 Å². The number of carboxylic acid groups (broad SMARTS) is 1. The second-order valence-corrected chi connectivity index (χ2v) is 4.90. The van der Waals surface area contributed by atoms with Gasteiger partial charge in [0, 0.05) is 19.0 Å². The van der Waals surface area contributed by atoms with E-state index in [2.05, 4.69) is 9.88 Å². The fraction of sp³-hybridized carbons (Fsp3) is 0.455. The van der Waals surface area contributed by atoms with Gasteiger partial charge in [-0.2, -0.15) is 0 Å². The molecule has 1 aromatic heterocycles. The summed E-state index contributed by atoms with van der Waals surface area (Å²) in [5.41, 5.74) is 0.899. The highest BCUT2D eigenvalue weighted by Gasteiger charge is 2.05. The van der Waals surface area contributed by atoms with E-state index in [9.17, 15) is 4.79 Å². The lowest BCUT2D eigenvalue weighted by molar-refractivity contribution is -0.131. The van der Waals surface area contributed by atoms with Crippen LogP contribution < -0.4 is 0 Å². The minimum Gasteiger partial charge on any atom is -0.478 e. The Kier molecular flexibility index (Phi) is 4.64. The molecule has 1 heterocycles. The molecule has 0 aliphatic rings. The van der Waals surface area contributed by atoms with Crippen LogP contribution in [0.5, 0.6) is 0 Å². The fourth-order valence-electron chi connectivity index (χ4n) is 1.19. The first kappa shape index (κ1) is 12.9. The predicted octanol–water partition coefficient (Wildman–Crippen LogP) is 1.65. The van der Waals surface area contributed by atoms with Crippen molar-refractivity contribution < 1.29 is 9.90 Å². The van der Waals surface area contributed by atoms with Crippen molar-refractivity contribution in [1.82, 2.24) is 9.88 Å². The number of rotatable bonds is 5. The molecule has 0 saturated carbocycles. The maximum absolute atomic E-state index is 10.4. The minimum absolute atomic E-state index is 0.899. The quantitative estimate of drug-likeness (QED) is 0.795. The number of likely N-dealkylation sites (N-methyl/N-ethyl adjacent to an activating group) is 1. The number of hydrogen-bond donors (Lipinski definition) is 1. The highest BCUT2D eigenvalue weighted by atomic mass is 32.1. The van der Waals surface area contributed by atoms with Crippen LogP contribution in [-0.2, 0) is 11.2 Å². The number of nitrogens with zero attached hydrogens (tertiary/aromatic N) is 2. The molecule has 88 valence electrons. The molecule has 0 unspecified atom stereocenters. The van der Waals surface area contributed by atoms with Crippen molar-refractivity contribution in [2.24, 2.45) is 0 Å². The molecule has 0 saturated heterocycles. The Morgan fingerprint density at radius 3 is 2.81 bits per heavy atom. The molecule has 0 radical (unpaired) electrons. The molecule has 1 N–H and O–H groups in total. The van der Waals surface area contributed by atoms with Crippen LogP contribution in [0.25, 0.3) is 6.08 Å². The maximum atomic E-state index is 10.4. The van der Waals surface area contributed by atoms with Gasteiger partial charge in [-0.3, -0.25) is 0 Å². The molecule has 0 spiro atoms. The molecule has 0 aliphatic carbocycles. The Bertz CT molecular complexity index is 397. The molecule has 1 rings (SSSR count). The highest BCUT2D eigenvalue weighted by molar-refractivity contribution is 7.12. The number of thiazole rings is 1. The van der Waals surface area contributed by atoms with E-state index < -0.39 is 5.97 Å². The summed E-state index contributed by atoms with van der Waals surface area (Å²) in [4.78, 5) is 17.8. The van der Waals surface area contributed by atoms with E-state index in [0.717, 1.165) is 34.6 Å². The van der Waals surface area contributed by atoms with Crippen molar-refractivity contribution in [1.29, 1.82) is 0 Å². The number of carboxylic acids is 1. The van der Waals surface area contributed by atoms with Crippen LogP contribution in [0.3, 0.4) is 0 Å². The number of aromatic nitrogens is 1. The van der Waals surface area contributed by atoms with Gasteiger partial charge in [0.1, 0.15) is 0 Å². The van der Waals surface area contributed by atoms with Crippen LogP contribution in [0.1, 0.15) is 15.6 Å². The third-order valence-corrected chi connectivity index (χ3v) is 3.21. The molecule has 0 aliphatic heterocycles. The molecule has 0 aromatic carbocycles. The van der Waals surface area contributed by atoms with Crippen molar-refractivity contribution in [3.63, 3.8) is 0 Å². The highest BCUT2D eigenvalue weighted by Crippen LogP contribution is 2.20. The molecule has 5 heteroatoms. The van der Waals surface area contributed by atoms with Gasteiger partial charge in [0.2, 0.25) is 0 Å². The van der Waals surface area contributed by atoms with Crippen LogP contribution >= 0.6 is 11.3 Å². The largest absolute Gasteiger partial charge is 0.478 e. The lowest BCUT2D eigenvalue weighted by atomic mass is 10.3. The van der Waals surface area contributed by atoms with Crippen LogP contribution in [-0.4, -0.2) is 41.6 Å². The number of aryl methyl sites for hydroxylation is 1. The maximum Gasteiger partial charge on any atom is 0.328 e. The van der Waals surface area contributed by atoms with E-state index in [1.54, 1.807) is 17.4 Å². The summed E-state index contributed by atoms with van der Waals surface area (Å²) in [6, 6.07) is 0. The van der Waals surface area contributed by atoms with Gasteiger partial charge in [0.15, 0.2) is 0 Å². The van der Waals surface area contributed by atoms with Crippen molar-refractivity contribution in [2.45, 2.75) is 13.3 Å². The molecule has 0 amide bonds.